The number of aliphatic carboxylic acids is 2. The van der Waals surface area contributed by atoms with E-state index in [2.05, 4.69) is 0 Å². The highest BCUT2D eigenvalue weighted by Crippen LogP contribution is 2.26. The molecule has 0 bridgehead atoms. The van der Waals surface area contributed by atoms with Crippen molar-refractivity contribution in [2.45, 2.75) is 24.7 Å². The van der Waals surface area contributed by atoms with E-state index < -0.39 is 23.8 Å². The second-order valence-corrected chi connectivity index (χ2v) is 6.27. The molecule has 0 spiro atoms. The van der Waals surface area contributed by atoms with Crippen LogP contribution in [0, 0.1) is 0 Å². The van der Waals surface area contributed by atoms with Gasteiger partial charge >= 0.3 is 11.9 Å². The van der Waals surface area contributed by atoms with Crippen LogP contribution in [0.4, 0.5) is 0 Å². The van der Waals surface area contributed by atoms with E-state index in [0.717, 1.165) is 0 Å². The van der Waals surface area contributed by atoms with Crippen molar-refractivity contribution >= 4 is 11.9 Å². The fraction of sp³-hybridized carbons (Fsp3) is 0.273. The predicted molar refractivity (Wildman–Crippen MR) is 105 cm³/mol. The van der Waals surface area contributed by atoms with Gasteiger partial charge in [0.05, 0.1) is 26.1 Å². The fourth-order valence-electron chi connectivity index (χ4n) is 2.90. The normalized spacial score (nSPS) is 13.1. The molecule has 2 N–H and O–H groups in total. The number of carboxylic acids is 2. The molecule has 6 heteroatoms. The second-order valence-electron chi connectivity index (χ2n) is 6.27. The largest absolute Gasteiger partial charge is 0.497 e. The maximum absolute atomic E-state index is 11.6. The van der Waals surface area contributed by atoms with Crippen LogP contribution in [0.1, 0.15) is 35.8 Å². The molecule has 0 amide bonds. The molecule has 2 aromatic rings. The fourth-order valence-corrected chi connectivity index (χ4v) is 2.90. The van der Waals surface area contributed by atoms with E-state index in [-0.39, 0.29) is 12.8 Å². The molecule has 148 valence electrons. The zero-order valence-electron chi connectivity index (χ0n) is 15.9. The summed E-state index contributed by atoms with van der Waals surface area (Å²) in [5.41, 5.74) is 1.34. The van der Waals surface area contributed by atoms with Gasteiger partial charge in [-0.15, -0.1) is 0 Å². The Kier molecular flexibility index (Phi) is 7.63. The Hall–Kier alpha value is -3.28. The molecule has 0 aromatic heterocycles. The predicted octanol–water partition coefficient (Wildman–Crippen LogP) is 4.08. The summed E-state index contributed by atoms with van der Waals surface area (Å²) < 4.78 is 10.2. The van der Waals surface area contributed by atoms with Gasteiger partial charge in [0.1, 0.15) is 11.5 Å². The Balaban J connectivity index is 2.04. The number of rotatable bonds is 10. The molecule has 0 fully saturated rings. The lowest BCUT2D eigenvalue weighted by Gasteiger charge is -2.12. The molecule has 2 unspecified atom stereocenters. The maximum Gasteiger partial charge on any atom is 0.311 e. The monoisotopic (exact) mass is 384 g/mol. The Labute approximate surface area is 164 Å². The Morgan fingerprint density at radius 1 is 0.750 bits per heavy atom. The molecule has 6 nitrogen and oxygen atoms in total. The minimum absolute atomic E-state index is 0.274. The van der Waals surface area contributed by atoms with Crippen molar-refractivity contribution in [2.75, 3.05) is 14.2 Å². The summed E-state index contributed by atoms with van der Waals surface area (Å²) in [7, 11) is 3.10. The quantitative estimate of drug-likeness (QED) is 0.600. The third-order valence-corrected chi connectivity index (χ3v) is 4.54. The van der Waals surface area contributed by atoms with Gasteiger partial charge in [-0.1, -0.05) is 36.4 Å². The van der Waals surface area contributed by atoms with Gasteiger partial charge in [-0.2, -0.15) is 0 Å². The third kappa shape index (κ3) is 5.61. The zero-order chi connectivity index (χ0) is 20.5. The molecular formula is C22H24O6. The lowest BCUT2D eigenvalue weighted by molar-refractivity contribution is -0.139. The van der Waals surface area contributed by atoms with Gasteiger partial charge in [-0.05, 0) is 48.2 Å². The summed E-state index contributed by atoms with van der Waals surface area (Å²) in [4.78, 5) is 23.2. The summed E-state index contributed by atoms with van der Waals surface area (Å²) in [5, 5.41) is 19.0. The molecule has 0 saturated carbocycles. The van der Waals surface area contributed by atoms with Crippen LogP contribution in [0.3, 0.4) is 0 Å². The van der Waals surface area contributed by atoms with Crippen molar-refractivity contribution in [2.24, 2.45) is 0 Å². The Bertz CT molecular complexity index is 738. The van der Waals surface area contributed by atoms with Gasteiger partial charge in [0.2, 0.25) is 0 Å². The number of carbonyl (C=O) groups is 2. The summed E-state index contributed by atoms with van der Waals surface area (Å²) in [6.07, 6.45) is 4.00. The maximum atomic E-state index is 11.6. The molecule has 2 atom stereocenters. The summed E-state index contributed by atoms with van der Waals surface area (Å²) in [6, 6.07) is 13.8. The number of benzene rings is 2. The highest BCUT2D eigenvalue weighted by atomic mass is 16.5. The molecule has 0 aliphatic carbocycles. The summed E-state index contributed by atoms with van der Waals surface area (Å²) in [5.74, 6) is -1.95. The van der Waals surface area contributed by atoms with Crippen LogP contribution in [-0.4, -0.2) is 36.4 Å². The van der Waals surface area contributed by atoms with Crippen molar-refractivity contribution in [3.05, 3.63) is 71.8 Å². The smallest absolute Gasteiger partial charge is 0.311 e. The number of hydrogen-bond donors (Lipinski definition) is 2. The molecule has 0 saturated heterocycles. The standard InChI is InChI=1S/C22H24O6/c1-27-17-11-7-15(8-12-17)19(21(23)24)5-3-4-6-20(22(25)26)16-9-13-18(28-2)14-10-16/h3-4,7-14,19-20H,5-6H2,1-2H3,(H,23,24)(H,25,26)/b4-3+. The first-order valence-electron chi connectivity index (χ1n) is 8.84. The van der Waals surface area contributed by atoms with Gasteiger partial charge < -0.3 is 19.7 Å². The molecule has 2 aromatic carbocycles. The van der Waals surface area contributed by atoms with Gasteiger partial charge in [0, 0.05) is 0 Å². The number of ether oxygens (including phenoxy) is 2. The summed E-state index contributed by atoms with van der Waals surface area (Å²) in [6.45, 7) is 0. The topological polar surface area (TPSA) is 93.1 Å². The first-order chi connectivity index (χ1) is 13.5. The SMILES string of the molecule is COc1ccc(C(C/C=C/CC(C(=O)O)c2ccc(OC)cc2)C(=O)O)cc1. The van der Waals surface area contributed by atoms with E-state index in [1.165, 1.54) is 0 Å². The number of methoxy groups -OCH3 is 2. The minimum atomic E-state index is -0.931. The van der Waals surface area contributed by atoms with Crippen LogP contribution in [0.25, 0.3) is 0 Å². The molecule has 0 aliphatic rings. The van der Waals surface area contributed by atoms with Crippen molar-refractivity contribution in [3.63, 3.8) is 0 Å². The van der Waals surface area contributed by atoms with Crippen molar-refractivity contribution in [1.82, 2.24) is 0 Å². The third-order valence-electron chi connectivity index (χ3n) is 4.54. The molecule has 2 rings (SSSR count). The van der Waals surface area contributed by atoms with E-state index in [9.17, 15) is 19.8 Å². The van der Waals surface area contributed by atoms with Crippen molar-refractivity contribution in [1.29, 1.82) is 0 Å². The van der Waals surface area contributed by atoms with E-state index in [0.29, 0.717) is 22.6 Å². The van der Waals surface area contributed by atoms with Crippen molar-refractivity contribution in [3.8, 4) is 11.5 Å². The Morgan fingerprint density at radius 3 is 1.32 bits per heavy atom. The molecule has 0 radical (unpaired) electrons. The average Bonchev–Trinajstić information content (AvgIpc) is 2.70. The van der Waals surface area contributed by atoms with Crippen LogP contribution < -0.4 is 9.47 Å². The highest BCUT2D eigenvalue weighted by Gasteiger charge is 2.20. The average molecular weight is 384 g/mol. The van der Waals surface area contributed by atoms with Crippen LogP contribution >= 0.6 is 0 Å². The van der Waals surface area contributed by atoms with Crippen molar-refractivity contribution < 1.29 is 29.3 Å². The van der Waals surface area contributed by atoms with E-state index >= 15 is 0 Å². The van der Waals surface area contributed by atoms with Gasteiger partial charge in [-0.25, -0.2) is 0 Å². The highest BCUT2D eigenvalue weighted by molar-refractivity contribution is 5.77. The van der Waals surface area contributed by atoms with Crippen LogP contribution in [-0.2, 0) is 9.59 Å². The second kappa shape index (κ2) is 10.2. The van der Waals surface area contributed by atoms with Crippen LogP contribution in [0.5, 0.6) is 11.5 Å². The molecule has 0 heterocycles. The molecule has 28 heavy (non-hydrogen) atoms. The first kappa shape index (κ1) is 21.0. The zero-order valence-corrected chi connectivity index (χ0v) is 15.9. The Morgan fingerprint density at radius 2 is 1.07 bits per heavy atom. The molecular weight excluding hydrogens is 360 g/mol. The number of allylic oxidation sites excluding steroid dienone is 2. The molecule has 0 aliphatic heterocycles. The van der Waals surface area contributed by atoms with E-state index in [4.69, 9.17) is 9.47 Å². The van der Waals surface area contributed by atoms with Crippen LogP contribution in [0.2, 0.25) is 0 Å². The van der Waals surface area contributed by atoms with Gasteiger partial charge in [-0.3, -0.25) is 9.59 Å². The number of carboxylic acid groups (broad SMARTS) is 2. The minimum Gasteiger partial charge on any atom is -0.497 e. The first-order valence-corrected chi connectivity index (χ1v) is 8.84. The van der Waals surface area contributed by atoms with Crippen LogP contribution in [0.15, 0.2) is 60.7 Å². The van der Waals surface area contributed by atoms with E-state index in [1.54, 1.807) is 74.9 Å². The summed E-state index contributed by atoms with van der Waals surface area (Å²) >= 11 is 0. The lowest BCUT2D eigenvalue weighted by Crippen LogP contribution is -2.12. The van der Waals surface area contributed by atoms with E-state index in [1.807, 2.05) is 0 Å². The van der Waals surface area contributed by atoms with Gasteiger partial charge in [0.15, 0.2) is 0 Å². The van der Waals surface area contributed by atoms with Gasteiger partial charge in [0.25, 0.3) is 0 Å². The number of hydrogen-bond acceptors (Lipinski definition) is 4. The lowest BCUT2D eigenvalue weighted by atomic mass is 9.93.